The number of rotatable bonds is 7. The Morgan fingerprint density at radius 1 is 1.29 bits per heavy atom. The third-order valence-electron chi connectivity index (χ3n) is 3.46. The molecule has 0 fully saturated rings. The van der Waals surface area contributed by atoms with Crippen molar-refractivity contribution in [2.75, 3.05) is 18.5 Å². The van der Waals surface area contributed by atoms with Crippen molar-refractivity contribution in [3.63, 3.8) is 0 Å². The van der Waals surface area contributed by atoms with Gasteiger partial charge in [-0.05, 0) is 25.1 Å². The molecule has 0 saturated heterocycles. The summed E-state index contributed by atoms with van der Waals surface area (Å²) in [6.07, 6.45) is 0.792. The van der Waals surface area contributed by atoms with E-state index >= 15 is 0 Å². The molecule has 0 spiro atoms. The van der Waals surface area contributed by atoms with Crippen molar-refractivity contribution in [1.29, 1.82) is 0 Å². The van der Waals surface area contributed by atoms with Crippen LogP contribution in [-0.2, 0) is 6.42 Å². The number of anilines is 1. The van der Waals surface area contributed by atoms with E-state index in [4.69, 9.17) is 4.74 Å². The van der Waals surface area contributed by atoms with Gasteiger partial charge in [-0.3, -0.25) is 10.1 Å². The summed E-state index contributed by atoms with van der Waals surface area (Å²) < 4.78 is 6.53. The second kappa shape index (κ2) is 7.27. The molecule has 1 heterocycles. The molecular formula is C17H17N3O3S. The molecule has 3 aromatic rings. The number of aromatic nitrogens is 1. The number of ether oxygens (including phenoxy) is 1. The summed E-state index contributed by atoms with van der Waals surface area (Å²) in [5.41, 5.74) is 1.80. The Labute approximate surface area is 143 Å². The Morgan fingerprint density at radius 3 is 2.88 bits per heavy atom. The molecule has 0 unspecified atom stereocenters. The first-order chi connectivity index (χ1) is 11.7. The lowest BCUT2D eigenvalue weighted by Crippen LogP contribution is -2.05. The molecule has 124 valence electrons. The maximum atomic E-state index is 11.0. The molecule has 1 aromatic heterocycles. The number of nitrogens with zero attached hydrogens (tertiary/aromatic N) is 2. The third-order valence-corrected chi connectivity index (χ3v) is 4.56. The van der Waals surface area contributed by atoms with Crippen LogP contribution in [0.3, 0.4) is 0 Å². The fraction of sp³-hybridized carbons (Fsp3) is 0.235. The van der Waals surface area contributed by atoms with E-state index in [0.29, 0.717) is 13.2 Å². The molecule has 0 aliphatic rings. The fourth-order valence-electron chi connectivity index (χ4n) is 2.39. The number of hydrogen-bond acceptors (Lipinski definition) is 6. The summed E-state index contributed by atoms with van der Waals surface area (Å²) in [6, 6.07) is 12.9. The van der Waals surface area contributed by atoms with E-state index in [-0.39, 0.29) is 11.4 Å². The highest BCUT2D eigenvalue weighted by Gasteiger charge is 2.15. The maximum Gasteiger partial charge on any atom is 0.311 e. The minimum absolute atomic E-state index is 0.0198. The average molecular weight is 343 g/mol. The number of thiazole rings is 1. The second-order valence-electron chi connectivity index (χ2n) is 5.12. The number of hydrogen-bond donors (Lipinski definition) is 1. The number of nitro groups is 1. The lowest BCUT2D eigenvalue weighted by atomic mass is 10.2. The van der Waals surface area contributed by atoms with Gasteiger partial charge >= 0.3 is 5.69 Å². The zero-order chi connectivity index (χ0) is 16.9. The van der Waals surface area contributed by atoms with Gasteiger partial charge in [-0.15, -0.1) is 11.3 Å². The van der Waals surface area contributed by atoms with Gasteiger partial charge in [0.2, 0.25) is 0 Å². The van der Waals surface area contributed by atoms with Gasteiger partial charge in [0.15, 0.2) is 5.75 Å². The van der Waals surface area contributed by atoms with Gasteiger partial charge in [0.05, 0.1) is 26.8 Å². The first-order valence-electron chi connectivity index (χ1n) is 7.67. The van der Waals surface area contributed by atoms with Crippen LogP contribution in [0.5, 0.6) is 5.75 Å². The van der Waals surface area contributed by atoms with E-state index in [1.807, 2.05) is 18.2 Å². The van der Waals surface area contributed by atoms with Crippen LogP contribution < -0.4 is 10.1 Å². The number of nitro benzene ring substituents is 1. The van der Waals surface area contributed by atoms with E-state index in [1.165, 1.54) is 10.8 Å². The maximum absolute atomic E-state index is 11.0. The summed E-state index contributed by atoms with van der Waals surface area (Å²) in [7, 11) is 0. The van der Waals surface area contributed by atoms with Gasteiger partial charge in [-0.2, -0.15) is 0 Å². The van der Waals surface area contributed by atoms with Crippen molar-refractivity contribution in [2.45, 2.75) is 13.3 Å². The predicted octanol–water partition coefficient (Wildman–Crippen LogP) is 4.26. The normalized spacial score (nSPS) is 10.7. The number of nitrogens with one attached hydrogen (secondary N) is 1. The molecule has 0 amide bonds. The van der Waals surface area contributed by atoms with Crippen molar-refractivity contribution in [3.8, 4) is 5.75 Å². The fourth-order valence-corrected chi connectivity index (χ4v) is 3.35. The van der Waals surface area contributed by atoms with Crippen LogP contribution in [0, 0.1) is 10.1 Å². The van der Waals surface area contributed by atoms with Crippen LogP contribution in [0.4, 0.5) is 11.4 Å². The van der Waals surface area contributed by atoms with Crippen LogP contribution in [0.2, 0.25) is 0 Å². The Kier molecular flexibility index (Phi) is 4.90. The predicted molar refractivity (Wildman–Crippen MR) is 96.1 cm³/mol. The summed E-state index contributed by atoms with van der Waals surface area (Å²) in [5.74, 6) is 0.285. The van der Waals surface area contributed by atoms with Crippen LogP contribution in [0.15, 0.2) is 42.5 Å². The monoisotopic (exact) mass is 343 g/mol. The first kappa shape index (κ1) is 16.2. The lowest BCUT2D eigenvalue weighted by Gasteiger charge is -2.08. The highest BCUT2D eigenvalue weighted by atomic mass is 32.1. The SMILES string of the molecule is CCOc1cc(NCCc2nc3ccccc3s2)ccc1[N+](=O)[O-]. The summed E-state index contributed by atoms with van der Waals surface area (Å²) in [6.45, 7) is 2.89. The molecule has 1 N–H and O–H groups in total. The van der Waals surface area contributed by atoms with E-state index in [1.54, 1.807) is 30.4 Å². The Morgan fingerprint density at radius 2 is 2.12 bits per heavy atom. The summed E-state index contributed by atoms with van der Waals surface area (Å²) in [4.78, 5) is 15.1. The van der Waals surface area contributed by atoms with E-state index in [2.05, 4.69) is 16.4 Å². The van der Waals surface area contributed by atoms with Gasteiger partial charge in [-0.1, -0.05) is 12.1 Å². The van der Waals surface area contributed by atoms with Crippen LogP contribution in [-0.4, -0.2) is 23.1 Å². The molecule has 0 aliphatic heterocycles. The number of fused-ring (bicyclic) bond motifs is 1. The van der Waals surface area contributed by atoms with Gasteiger partial charge in [0.25, 0.3) is 0 Å². The van der Waals surface area contributed by atoms with Gasteiger partial charge < -0.3 is 10.1 Å². The smallest absolute Gasteiger partial charge is 0.311 e. The molecule has 0 atom stereocenters. The molecule has 6 nitrogen and oxygen atoms in total. The van der Waals surface area contributed by atoms with E-state index in [9.17, 15) is 10.1 Å². The van der Waals surface area contributed by atoms with Crippen LogP contribution >= 0.6 is 11.3 Å². The zero-order valence-electron chi connectivity index (χ0n) is 13.2. The summed E-state index contributed by atoms with van der Waals surface area (Å²) >= 11 is 1.68. The highest BCUT2D eigenvalue weighted by Crippen LogP contribution is 2.30. The minimum Gasteiger partial charge on any atom is -0.487 e. The molecule has 7 heteroatoms. The first-order valence-corrected chi connectivity index (χ1v) is 8.48. The molecule has 24 heavy (non-hydrogen) atoms. The zero-order valence-corrected chi connectivity index (χ0v) is 14.0. The van der Waals surface area contributed by atoms with Crippen molar-refractivity contribution in [3.05, 3.63) is 57.6 Å². The molecule has 0 aliphatic carbocycles. The molecule has 0 bridgehead atoms. The Hall–Kier alpha value is -2.67. The van der Waals surface area contributed by atoms with Crippen molar-refractivity contribution < 1.29 is 9.66 Å². The van der Waals surface area contributed by atoms with Gasteiger partial charge in [0.1, 0.15) is 0 Å². The number of benzene rings is 2. The molecule has 3 rings (SSSR count). The average Bonchev–Trinajstić information content (AvgIpc) is 2.98. The third kappa shape index (κ3) is 3.62. The van der Waals surface area contributed by atoms with Crippen molar-refractivity contribution >= 4 is 32.9 Å². The minimum atomic E-state index is -0.435. The highest BCUT2D eigenvalue weighted by molar-refractivity contribution is 7.18. The summed E-state index contributed by atoms with van der Waals surface area (Å²) in [5, 5.41) is 15.3. The van der Waals surface area contributed by atoms with Crippen LogP contribution in [0.1, 0.15) is 11.9 Å². The van der Waals surface area contributed by atoms with Gasteiger partial charge in [-0.25, -0.2) is 4.98 Å². The Bertz CT molecular complexity index is 830. The molecular weight excluding hydrogens is 326 g/mol. The lowest BCUT2D eigenvalue weighted by molar-refractivity contribution is -0.385. The van der Waals surface area contributed by atoms with Crippen molar-refractivity contribution in [1.82, 2.24) is 4.98 Å². The van der Waals surface area contributed by atoms with Crippen LogP contribution in [0.25, 0.3) is 10.2 Å². The van der Waals surface area contributed by atoms with E-state index < -0.39 is 4.92 Å². The topological polar surface area (TPSA) is 77.3 Å². The Balaban J connectivity index is 1.65. The largest absolute Gasteiger partial charge is 0.487 e. The van der Waals surface area contributed by atoms with Gasteiger partial charge in [0, 0.05) is 30.8 Å². The van der Waals surface area contributed by atoms with E-state index in [0.717, 1.165) is 22.6 Å². The quantitative estimate of drug-likeness (QED) is 0.512. The molecule has 0 radical (unpaired) electrons. The standard InChI is InChI=1S/C17H17N3O3S/c1-2-23-15-11-12(7-8-14(15)20(21)22)18-10-9-17-19-13-5-3-4-6-16(13)24-17/h3-8,11,18H,2,9-10H2,1H3. The molecule has 0 saturated carbocycles. The second-order valence-corrected chi connectivity index (χ2v) is 6.24. The molecule has 2 aromatic carbocycles. The van der Waals surface area contributed by atoms with Crippen molar-refractivity contribution in [2.24, 2.45) is 0 Å². The number of para-hydroxylation sites is 1.